The minimum Gasteiger partial charge on any atom is -0.489 e. The van der Waals surface area contributed by atoms with Crippen LogP contribution in [0.4, 0.5) is 4.79 Å². The first-order valence-electron chi connectivity index (χ1n) is 8.91. The summed E-state index contributed by atoms with van der Waals surface area (Å²) in [5.41, 5.74) is 0.730. The van der Waals surface area contributed by atoms with Crippen LogP contribution < -0.4 is 10.1 Å². The van der Waals surface area contributed by atoms with Gasteiger partial charge < -0.3 is 10.1 Å². The molecule has 0 aromatic heterocycles. The summed E-state index contributed by atoms with van der Waals surface area (Å²) in [5, 5.41) is 2.70. The monoisotopic (exact) mass is 378 g/mol. The fraction of sp³-hybridized carbons (Fsp3) is 0.227. The van der Waals surface area contributed by atoms with Crippen LogP contribution in [0.1, 0.15) is 29.8 Å². The van der Waals surface area contributed by atoms with Crippen LogP contribution in [-0.2, 0) is 10.3 Å². The molecule has 2 aromatic rings. The molecule has 1 atom stereocenters. The third-order valence-corrected chi connectivity index (χ3v) is 4.59. The van der Waals surface area contributed by atoms with Gasteiger partial charge in [0.2, 0.25) is 0 Å². The Morgan fingerprint density at radius 3 is 2.36 bits per heavy atom. The molecule has 3 rings (SSSR count). The highest BCUT2D eigenvalue weighted by Gasteiger charge is 2.49. The second kappa shape index (κ2) is 7.68. The Bertz CT molecular complexity index is 921. The topological polar surface area (TPSA) is 75.7 Å². The van der Waals surface area contributed by atoms with Crippen molar-refractivity contribution in [3.63, 3.8) is 0 Å². The van der Waals surface area contributed by atoms with Gasteiger partial charge in [-0.25, -0.2) is 4.79 Å². The molecule has 0 bridgehead atoms. The van der Waals surface area contributed by atoms with Crippen molar-refractivity contribution < 1.29 is 19.1 Å². The summed E-state index contributed by atoms with van der Waals surface area (Å²) >= 11 is 0. The van der Waals surface area contributed by atoms with Gasteiger partial charge in [-0.2, -0.15) is 0 Å². The standard InChI is InChI=1S/C22H22N2O4/c1-15(2)14-28-18-11-9-17(10-12-18)22(3)20(26)24(21(27)23-22)13-19(25)16-7-5-4-6-8-16/h4-12H,1,13-14H2,2-3H3,(H,23,27). The van der Waals surface area contributed by atoms with Gasteiger partial charge in [0.15, 0.2) is 5.78 Å². The highest BCUT2D eigenvalue weighted by atomic mass is 16.5. The van der Waals surface area contributed by atoms with E-state index < -0.39 is 17.5 Å². The molecule has 1 saturated heterocycles. The molecule has 1 aliphatic heterocycles. The second-order valence-electron chi connectivity index (χ2n) is 7.01. The lowest BCUT2D eigenvalue weighted by molar-refractivity contribution is -0.130. The third-order valence-electron chi connectivity index (χ3n) is 4.59. The largest absolute Gasteiger partial charge is 0.489 e. The van der Waals surface area contributed by atoms with Crippen molar-refractivity contribution in [2.24, 2.45) is 0 Å². The Balaban J connectivity index is 1.76. The Hall–Kier alpha value is -3.41. The van der Waals surface area contributed by atoms with Crippen LogP contribution in [0.2, 0.25) is 0 Å². The molecule has 6 heteroatoms. The van der Waals surface area contributed by atoms with E-state index in [2.05, 4.69) is 11.9 Å². The minimum absolute atomic E-state index is 0.295. The molecule has 0 spiro atoms. The van der Waals surface area contributed by atoms with Gasteiger partial charge in [0.1, 0.15) is 17.9 Å². The average Bonchev–Trinajstić information content (AvgIpc) is 2.91. The van der Waals surface area contributed by atoms with Crippen LogP contribution in [0.3, 0.4) is 0 Å². The number of amides is 3. The Kier molecular flexibility index (Phi) is 5.31. The molecule has 144 valence electrons. The molecular formula is C22H22N2O4. The van der Waals surface area contributed by atoms with Gasteiger partial charge in [-0.1, -0.05) is 49.0 Å². The summed E-state index contributed by atoms with van der Waals surface area (Å²) in [6.07, 6.45) is 0. The predicted molar refractivity (Wildman–Crippen MR) is 105 cm³/mol. The number of ether oxygens (including phenoxy) is 1. The summed E-state index contributed by atoms with van der Waals surface area (Å²) in [7, 11) is 0. The number of imide groups is 1. The van der Waals surface area contributed by atoms with Gasteiger partial charge in [-0.15, -0.1) is 0 Å². The molecule has 6 nitrogen and oxygen atoms in total. The van der Waals surface area contributed by atoms with E-state index in [1.165, 1.54) is 0 Å². The molecule has 1 fully saturated rings. The molecule has 1 heterocycles. The molecule has 1 unspecified atom stereocenters. The lowest BCUT2D eigenvalue weighted by Crippen LogP contribution is -2.41. The number of Topliss-reactive ketones (excluding diaryl/α,β-unsaturated/α-hetero) is 1. The normalized spacial score (nSPS) is 18.7. The first-order valence-corrected chi connectivity index (χ1v) is 8.91. The highest BCUT2D eigenvalue weighted by molar-refractivity contribution is 6.11. The van der Waals surface area contributed by atoms with Gasteiger partial charge in [-0.05, 0) is 37.1 Å². The number of benzene rings is 2. The van der Waals surface area contributed by atoms with E-state index in [0.717, 1.165) is 10.5 Å². The highest BCUT2D eigenvalue weighted by Crippen LogP contribution is 2.30. The number of ketones is 1. The van der Waals surface area contributed by atoms with Crippen LogP contribution in [0.25, 0.3) is 0 Å². The fourth-order valence-corrected chi connectivity index (χ4v) is 2.99. The lowest BCUT2D eigenvalue weighted by atomic mass is 9.92. The number of nitrogens with one attached hydrogen (secondary N) is 1. The van der Waals surface area contributed by atoms with Crippen molar-refractivity contribution in [1.29, 1.82) is 0 Å². The summed E-state index contributed by atoms with van der Waals surface area (Å²) in [6, 6.07) is 14.9. The summed E-state index contributed by atoms with van der Waals surface area (Å²) < 4.78 is 5.56. The van der Waals surface area contributed by atoms with Crippen LogP contribution in [0, 0.1) is 0 Å². The molecule has 1 aliphatic rings. The van der Waals surface area contributed by atoms with E-state index in [1.54, 1.807) is 61.5 Å². The summed E-state index contributed by atoms with van der Waals surface area (Å²) in [5.74, 6) is -0.113. The lowest BCUT2D eigenvalue weighted by Gasteiger charge is -2.22. The van der Waals surface area contributed by atoms with Crippen LogP contribution >= 0.6 is 0 Å². The van der Waals surface area contributed by atoms with E-state index >= 15 is 0 Å². The number of carbonyl (C=O) groups excluding carboxylic acids is 3. The first-order chi connectivity index (χ1) is 13.3. The first kappa shape index (κ1) is 19.4. The van der Waals surface area contributed by atoms with Crippen molar-refractivity contribution in [2.45, 2.75) is 19.4 Å². The van der Waals surface area contributed by atoms with Gasteiger partial charge >= 0.3 is 6.03 Å². The molecule has 0 aliphatic carbocycles. The summed E-state index contributed by atoms with van der Waals surface area (Å²) in [4.78, 5) is 38.7. The van der Waals surface area contributed by atoms with Crippen LogP contribution in [-0.4, -0.2) is 35.8 Å². The van der Waals surface area contributed by atoms with Crippen molar-refractivity contribution in [1.82, 2.24) is 10.2 Å². The maximum absolute atomic E-state index is 13.0. The van der Waals surface area contributed by atoms with Crippen LogP contribution in [0.5, 0.6) is 5.75 Å². The van der Waals surface area contributed by atoms with Crippen molar-refractivity contribution in [3.05, 3.63) is 77.9 Å². The maximum Gasteiger partial charge on any atom is 0.325 e. The average molecular weight is 378 g/mol. The quantitative estimate of drug-likeness (QED) is 0.456. The Labute approximate surface area is 163 Å². The van der Waals surface area contributed by atoms with E-state index in [9.17, 15) is 14.4 Å². The Morgan fingerprint density at radius 1 is 1.11 bits per heavy atom. The van der Waals surface area contributed by atoms with Crippen molar-refractivity contribution >= 4 is 17.7 Å². The number of rotatable bonds is 7. The number of nitrogens with zero attached hydrogens (tertiary/aromatic N) is 1. The van der Waals surface area contributed by atoms with E-state index in [-0.39, 0.29) is 12.3 Å². The SMILES string of the molecule is C=C(C)COc1ccc(C2(C)NC(=O)N(CC(=O)c3ccccc3)C2=O)cc1. The van der Waals surface area contributed by atoms with Crippen molar-refractivity contribution in [2.75, 3.05) is 13.2 Å². The zero-order valence-corrected chi connectivity index (χ0v) is 15.9. The number of hydrogen-bond acceptors (Lipinski definition) is 4. The molecule has 3 amide bonds. The van der Waals surface area contributed by atoms with E-state index in [1.807, 2.05) is 6.92 Å². The minimum atomic E-state index is -1.24. The van der Waals surface area contributed by atoms with Gasteiger partial charge in [-0.3, -0.25) is 14.5 Å². The number of hydrogen-bond donors (Lipinski definition) is 1. The Morgan fingerprint density at radius 2 is 1.75 bits per heavy atom. The van der Waals surface area contributed by atoms with E-state index in [4.69, 9.17) is 4.74 Å². The summed E-state index contributed by atoms with van der Waals surface area (Å²) in [6.45, 7) is 7.38. The van der Waals surface area contributed by atoms with Gasteiger partial charge in [0, 0.05) is 5.56 Å². The van der Waals surface area contributed by atoms with Gasteiger partial charge in [0.05, 0.1) is 6.54 Å². The number of urea groups is 1. The van der Waals surface area contributed by atoms with E-state index in [0.29, 0.717) is 23.5 Å². The maximum atomic E-state index is 13.0. The van der Waals surface area contributed by atoms with Crippen LogP contribution in [0.15, 0.2) is 66.7 Å². The predicted octanol–water partition coefficient (Wildman–Crippen LogP) is 3.29. The fourth-order valence-electron chi connectivity index (χ4n) is 2.99. The van der Waals surface area contributed by atoms with Crippen molar-refractivity contribution in [3.8, 4) is 5.75 Å². The molecule has 0 radical (unpaired) electrons. The van der Waals surface area contributed by atoms with Gasteiger partial charge in [0.25, 0.3) is 5.91 Å². The zero-order valence-electron chi connectivity index (χ0n) is 15.9. The zero-order chi connectivity index (χ0) is 20.3. The smallest absolute Gasteiger partial charge is 0.325 e. The molecule has 0 saturated carbocycles. The molecule has 2 aromatic carbocycles. The molecule has 28 heavy (non-hydrogen) atoms. The molecule has 1 N–H and O–H groups in total. The molecular weight excluding hydrogens is 356 g/mol. The third kappa shape index (κ3) is 3.81. The number of carbonyl (C=O) groups is 3. The second-order valence-corrected chi connectivity index (χ2v) is 7.01.